The molecule has 284 valence electrons. The first-order chi connectivity index (χ1) is 24.2. The Morgan fingerprint density at radius 3 is 2.33 bits per heavy atom. The molecular weight excluding hydrogens is 673 g/mol. The molecule has 4 aromatic rings. The highest BCUT2D eigenvalue weighted by atomic mass is 19.4. The Morgan fingerprint density at radius 2 is 1.75 bits per heavy atom. The Hall–Kier alpha value is -4.40. The number of guanidine groups is 1. The summed E-state index contributed by atoms with van der Waals surface area (Å²) in [5.74, 6) is -0.0782. The third kappa shape index (κ3) is 11.3. The maximum Gasteiger partial charge on any atom is 0.573 e. The summed E-state index contributed by atoms with van der Waals surface area (Å²) in [6.45, 7) is 16.1. The number of nitrogens with zero attached hydrogens (tertiary/aromatic N) is 3. The number of aromatic amines is 1. The number of H-pyrrole nitrogens is 1. The standard InChI is InChI=1S/C22H31N7O.C16H22F3NO2/c1-14(25-10-5-11-26-20(23)24)15-6-8-17(9-7-15)29-13-16-12-18(22(2,3)4)27-19(16)28-21(29)30;1-15(2,3)11-6-10(14-5-4-12(9-20)21-14)7-13(8-11)22-16(17,18)19/h6-9,12-14,25H,5,10-11H2,1-4H3,(H4,23,24,26)(H,27,28,30);6-8,12,14H,4-5,9,20H2,1-3H3/t14-;12-,14?/m00/s1. The number of nitrogens with one attached hydrogen (secondary N) is 2. The predicted octanol–water partition coefficient (Wildman–Crippen LogP) is 6.39. The van der Waals surface area contributed by atoms with E-state index < -0.39 is 6.36 Å². The van der Waals surface area contributed by atoms with Gasteiger partial charge in [-0.15, -0.1) is 13.2 Å². The fraction of sp³-hybridized carbons (Fsp3) is 0.500. The number of rotatable bonds is 10. The van der Waals surface area contributed by atoms with Gasteiger partial charge in [-0.2, -0.15) is 4.98 Å². The molecule has 3 atom stereocenters. The third-order valence-electron chi connectivity index (χ3n) is 8.84. The zero-order chi connectivity index (χ0) is 38.4. The molecule has 0 aliphatic carbocycles. The number of hydrogen-bond donors (Lipinski definition) is 5. The topological polar surface area (TPSA) is 172 Å². The number of aromatic nitrogens is 3. The number of ether oxygens (including phenoxy) is 2. The second-order valence-electron chi connectivity index (χ2n) is 15.2. The first kappa shape index (κ1) is 40.4. The second-order valence-corrected chi connectivity index (χ2v) is 15.2. The van der Waals surface area contributed by atoms with Gasteiger partial charge in [0.25, 0.3) is 0 Å². The predicted molar refractivity (Wildman–Crippen MR) is 200 cm³/mol. The van der Waals surface area contributed by atoms with Crippen LogP contribution < -0.4 is 32.9 Å². The molecule has 2 aromatic carbocycles. The van der Waals surface area contributed by atoms with Crippen LogP contribution in [0.2, 0.25) is 0 Å². The quantitative estimate of drug-likeness (QED) is 0.0711. The van der Waals surface area contributed by atoms with Gasteiger partial charge in [0.2, 0.25) is 0 Å². The number of hydrogen-bond acceptors (Lipinski definition) is 7. The SMILES string of the molecule is CC(C)(C)c1cc(OC(F)(F)F)cc(C2CC[C@@H](CN)O2)c1.C[C@H](NCCCN=C(N)N)c1ccc(-n2cc3cc(C(C)(C)C)[nH]c3nc2=O)cc1. The highest BCUT2D eigenvalue weighted by molar-refractivity contribution is 5.76. The van der Waals surface area contributed by atoms with Crippen LogP contribution in [-0.4, -0.2) is 52.6 Å². The monoisotopic (exact) mass is 726 g/mol. The second kappa shape index (κ2) is 16.5. The first-order valence-electron chi connectivity index (χ1n) is 17.5. The average molecular weight is 727 g/mol. The number of fused-ring (bicyclic) bond motifs is 1. The molecule has 0 saturated carbocycles. The number of nitrogens with two attached hydrogens (primary N) is 3. The molecule has 3 heterocycles. The minimum atomic E-state index is -4.70. The summed E-state index contributed by atoms with van der Waals surface area (Å²) < 4.78 is 49.1. The lowest BCUT2D eigenvalue weighted by Crippen LogP contribution is -2.24. The number of halogens is 3. The third-order valence-corrected chi connectivity index (χ3v) is 8.84. The summed E-state index contributed by atoms with van der Waals surface area (Å²) >= 11 is 0. The lowest BCUT2D eigenvalue weighted by molar-refractivity contribution is -0.274. The van der Waals surface area contributed by atoms with E-state index in [4.69, 9.17) is 21.9 Å². The highest BCUT2D eigenvalue weighted by Crippen LogP contribution is 2.38. The van der Waals surface area contributed by atoms with Crippen LogP contribution in [0.4, 0.5) is 13.2 Å². The Balaban J connectivity index is 0.000000244. The molecule has 11 nitrogen and oxygen atoms in total. The first-order valence-corrected chi connectivity index (χ1v) is 17.5. The van der Waals surface area contributed by atoms with Crippen molar-refractivity contribution in [2.24, 2.45) is 22.2 Å². The summed E-state index contributed by atoms with van der Waals surface area (Å²) in [5.41, 5.74) is 20.7. The highest BCUT2D eigenvalue weighted by Gasteiger charge is 2.33. The maximum atomic E-state index is 12.6. The van der Waals surface area contributed by atoms with Gasteiger partial charge in [-0.25, -0.2) is 4.79 Å². The number of aliphatic imine (C=N–C) groups is 1. The summed E-state index contributed by atoms with van der Waals surface area (Å²) in [7, 11) is 0. The minimum absolute atomic E-state index is 0.0322. The molecule has 0 bridgehead atoms. The zero-order valence-corrected chi connectivity index (χ0v) is 31.1. The molecule has 1 saturated heterocycles. The smallest absolute Gasteiger partial charge is 0.406 e. The van der Waals surface area contributed by atoms with E-state index in [1.165, 1.54) is 12.1 Å². The number of benzene rings is 2. The van der Waals surface area contributed by atoms with E-state index in [2.05, 4.69) is 58.8 Å². The molecule has 2 aromatic heterocycles. The molecule has 1 aliphatic heterocycles. The average Bonchev–Trinajstić information content (AvgIpc) is 3.70. The van der Waals surface area contributed by atoms with E-state index in [-0.39, 0.29) is 46.5 Å². The van der Waals surface area contributed by atoms with Gasteiger partial charge in [0.1, 0.15) is 11.4 Å². The van der Waals surface area contributed by atoms with Gasteiger partial charge in [-0.1, -0.05) is 59.7 Å². The Bertz CT molecular complexity index is 1870. The van der Waals surface area contributed by atoms with Gasteiger partial charge in [0.05, 0.1) is 17.9 Å². The van der Waals surface area contributed by atoms with Gasteiger partial charge in [0, 0.05) is 41.8 Å². The van der Waals surface area contributed by atoms with Gasteiger partial charge >= 0.3 is 12.1 Å². The van der Waals surface area contributed by atoms with Crippen molar-refractivity contribution in [2.75, 3.05) is 19.6 Å². The van der Waals surface area contributed by atoms with Crippen molar-refractivity contribution < 1.29 is 22.6 Å². The Kier molecular flexibility index (Phi) is 12.8. The molecule has 0 spiro atoms. The van der Waals surface area contributed by atoms with Gasteiger partial charge < -0.3 is 37.0 Å². The molecule has 14 heteroatoms. The fourth-order valence-corrected chi connectivity index (χ4v) is 5.79. The van der Waals surface area contributed by atoms with E-state index in [0.717, 1.165) is 53.7 Å². The summed E-state index contributed by atoms with van der Waals surface area (Å²) in [6, 6.07) is 14.9. The lowest BCUT2D eigenvalue weighted by atomic mass is 9.85. The summed E-state index contributed by atoms with van der Waals surface area (Å²) in [6.07, 6.45) is -0.700. The minimum Gasteiger partial charge on any atom is -0.406 e. The molecule has 1 fully saturated rings. The maximum absolute atomic E-state index is 12.6. The molecule has 52 heavy (non-hydrogen) atoms. The fourth-order valence-electron chi connectivity index (χ4n) is 5.79. The van der Waals surface area contributed by atoms with Crippen LogP contribution in [0, 0.1) is 0 Å². The van der Waals surface area contributed by atoms with E-state index in [9.17, 15) is 18.0 Å². The molecular formula is C38H53F3N8O3. The summed E-state index contributed by atoms with van der Waals surface area (Å²) in [4.78, 5) is 24.0. The van der Waals surface area contributed by atoms with Crippen molar-refractivity contribution >= 4 is 17.0 Å². The van der Waals surface area contributed by atoms with Crippen molar-refractivity contribution in [3.63, 3.8) is 0 Å². The largest absolute Gasteiger partial charge is 0.573 e. The Morgan fingerprint density at radius 1 is 1.06 bits per heavy atom. The lowest BCUT2D eigenvalue weighted by Gasteiger charge is -2.23. The van der Waals surface area contributed by atoms with Crippen LogP contribution in [0.25, 0.3) is 16.7 Å². The van der Waals surface area contributed by atoms with Crippen molar-refractivity contribution in [3.05, 3.63) is 87.6 Å². The van der Waals surface area contributed by atoms with Crippen molar-refractivity contribution in [2.45, 2.75) is 103 Å². The molecule has 0 amide bonds. The van der Waals surface area contributed by atoms with Crippen molar-refractivity contribution in [3.8, 4) is 11.4 Å². The van der Waals surface area contributed by atoms with E-state index in [0.29, 0.717) is 24.3 Å². The zero-order valence-electron chi connectivity index (χ0n) is 31.1. The van der Waals surface area contributed by atoms with Crippen LogP contribution in [0.3, 0.4) is 0 Å². The molecule has 1 aliphatic rings. The normalized spacial score (nSPS) is 17.1. The molecule has 8 N–H and O–H groups in total. The van der Waals surface area contributed by atoms with Gasteiger partial charge in [-0.3, -0.25) is 9.56 Å². The molecule has 5 rings (SSSR count). The summed E-state index contributed by atoms with van der Waals surface area (Å²) in [5, 5.41) is 4.36. The van der Waals surface area contributed by atoms with Crippen molar-refractivity contribution in [1.82, 2.24) is 19.9 Å². The molecule has 1 unspecified atom stereocenters. The van der Waals surface area contributed by atoms with Crippen molar-refractivity contribution in [1.29, 1.82) is 0 Å². The van der Waals surface area contributed by atoms with E-state index in [1.54, 1.807) is 4.57 Å². The molecule has 0 radical (unpaired) electrons. The van der Waals surface area contributed by atoms with Crippen LogP contribution in [0.1, 0.15) is 102 Å². The van der Waals surface area contributed by atoms with Crippen LogP contribution in [0.5, 0.6) is 5.75 Å². The van der Waals surface area contributed by atoms with Gasteiger partial charge in [-0.05, 0) is 85.2 Å². The van der Waals surface area contributed by atoms with Crippen LogP contribution in [0.15, 0.2) is 64.5 Å². The Labute approximate surface area is 303 Å². The van der Waals surface area contributed by atoms with Crippen LogP contribution in [-0.2, 0) is 15.6 Å². The van der Waals surface area contributed by atoms with E-state index >= 15 is 0 Å². The van der Waals surface area contributed by atoms with Gasteiger partial charge in [0.15, 0.2) is 5.96 Å². The van der Waals surface area contributed by atoms with E-state index in [1.807, 2.05) is 57.3 Å². The number of alkyl halides is 3. The van der Waals surface area contributed by atoms with Crippen LogP contribution >= 0.6 is 0 Å².